The van der Waals surface area contributed by atoms with Gasteiger partial charge in [-0.2, -0.15) is 0 Å². The zero-order valence-corrected chi connectivity index (χ0v) is 21.0. The normalized spacial score (nSPS) is 29.0. The van der Waals surface area contributed by atoms with E-state index in [9.17, 15) is 0 Å². The molecule has 4 aliphatic rings. The molecule has 31 heavy (non-hydrogen) atoms. The van der Waals surface area contributed by atoms with Crippen molar-refractivity contribution in [1.82, 2.24) is 0 Å². The Morgan fingerprint density at radius 2 is 1.16 bits per heavy atom. The highest BCUT2D eigenvalue weighted by atomic mass is 32.2. The molecule has 0 spiro atoms. The van der Waals surface area contributed by atoms with Gasteiger partial charge in [0, 0.05) is 19.6 Å². The monoisotopic (exact) mass is 476 g/mol. The second-order valence-electron chi connectivity index (χ2n) is 9.03. The molecule has 156 valence electrons. The van der Waals surface area contributed by atoms with Gasteiger partial charge < -0.3 is 0 Å². The van der Waals surface area contributed by atoms with Gasteiger partial charge in [0.2, 0.25) is 0 Å². The molecular formula is C27H24S4. The Kier molecular flexibility index (Phi) is 4.71. The average molecular weight is 477 g/mol. The zero-order valence-electron chi connectivity index (χ0n) is 17.6. The summed E-state index contributed by atoms with van der Waals surface area (Å²) >= 11 is 13.3. The number of hydrogen-bond acceptors (Lipinski definition) is 4. The molecule has 0 bridgehead atoms. The summed E-state index contributed by atoms with van der Waals surface area (Å²) in [6, 6.07) is 17.2. The Hall–Kier alpha value is -1.20. The highest BCUT2D eigenvalue weighted by molar-refractivity contribution is 8.14. The van der Waals surface area contributed by atoms with Gasteiger partial charge in [0.25, 0.3) is 0 Å². The highest BCUT2D eigenvalue weighted by Gasteiger charge is 2.59. The van der Waals surface area contributed by atoms with Gasteiger partial charge in [0.1, 0.15) is 0 Å². The molecule has 2 aromatic rings. The number of benzene rings is 2. The third kappa shape index (κ3) is 2.95. The van der Waals surface area contributed by atoms with Gasteiger partial charge in [0.05, 0.1) is 9.49 Å². The van der Waals surface area contributed by atoms with E-state index in [-0.39, 0.29) is 9.49 Å². The first-order valence-corrected chi connectivity index (χ1v) is 13.3. The average Bonchev–Trinajstić information content (AvgIpc) is 3.44. The molecule has 1 fully saturated rings. The second-order valence-corrected chi connectivity index (χ2v) is 13.0. The van der Waals surface area contributed by atoms with Gasteiger partial charge in [-0.3, -0.25) is 0 Å². The quantitative estimate of drug-likeness (QED) is 0.417. The zero-order chi connectivity index (χ0) is 21.4. The number of thioether (sulfide) groups is 2. The molecule has 0 amide bonds. The largest absolute Gasteiger partial charge is 0.143 e. The van der Waals surface area contributed by atoms with Crippen molar-refractivity contribution in [3.05, 3.63) is 94.1 Å². The molecule has 4 heteroatoms. The molecule has 0 N–H and O–H groups in total. The van der Waals surface area contributed by atoms with Crippen LogP contribution in [0.25, 0.3) is 9.81 Å². The van der Waals surface area contributed by atoms with E-state index >= 15 is 0 Å². The fourth-order valence-corrected chi connectivity index (χ4v) is 9.16. The van der Waals surface area contributed by atoms with E-state index in [0.29, 0.717) is 0 Å². The van der Waals surface area contributed by atoms with E-state index in [0.717, 1.165) is 9.79 Å². The van der Waals surface area contributed by atoms with Gasteiger partial charge in [0.15, 0.2) is 0 Å². The Bertz CT molecular complexity index is 1160. The molecular weight excluding hydrogens is 453 g/mol. The van der Waals surface area contributed by atoms with Crippen molar-refractivity contribution in [3.8, 4) is 0 Å². The van der Waals surface area contributed by atoms with Gasteiger partial charge in [-0.1, -0.05) is 24.3 Å². The molecule has 2 aliphatic heterocycles. The summed E-state index contributed by atoms with van der Waals surface area (Å²) in [7, 11) is 0. The first-order chi connectivity index (χ1) is 14.9. The van der Waals surface area contributed by atoms with E-state index in [2.05, 4.69) is 99.8 Å². The van der Waals surface area contributed by atoms with E-state index in [4.69, 9.17) is 0 Å². The standard InChI is InChI=1S/C27H24S4/c1-26-22(14-24(30-26)16-6-3-8-18(28)12-16)20-10-5-11-21(20)23-15-25(31-27(23,26)2)17-7-4-9-19(29)13-17/h3-4,6-9,12-15,28-29H,5,10-11H2,1-2H3. The summed E-state index contributed by atoms with van der Waals surface area (Å²) in [5.41, 5.74) is 8.90. The maximum atomic E-state index is 4.59. The Morgan fingerprint density at radius 3 is 1.58 bits per heavy atom. The highest BCUT2D eigenvalue weighted by Crippen LogP contribution is 2.70. The molecule has 0 radical (unpaired) electrons. The van der Waals surface area contributed by atoms with Crippen molar-refractivity contribution in [2.45, 2.75) is 52.4 Å². The molecule has 1 saturated carbocycles. The summed E-state index contributed by atoms with van der Waals surface area (Å²) in [4.78, 5) is 4.80. The Labute approximate surface area is 204 Å². The van der Waals surface area contributed by atoms with Gasteiger partial charge in [-0.05, 0) is 103 Å². The predicted octanol–water partition coefficient (Wildman–Crippen LogP) is 8.45. The third-order valence-corrected chi connectivity index (χ3v) is 11.2. The van der Waals surface area contributed by atoms with E-state index in [1.165, 1.54) is 40.2 Å². The fourth-order valence-electron chi connectivity index (χ4n) is 5.55. The summed E-state index contributed by atoms with van der Waals surface area (Å²) in [5, 5.41) is 0. The molecule has 2 unspecified atom stereocenters. The van der Waals surface area contributed by atoms with Crippen LogP contribution >= 0.6 is 48.8 Å². The van der Waals surface area contributed by atoms with Crippen molar-refractivity contribution < 1.29 is 0 Å². The van der Waals surface area contributed by atoms with Crippen molar-refractivity contribution in [2.24, 2.45) is 0 Å². The first-order valence-electron chi connectivity index (χ1n) is 10.8. The van der Waals surface area contributed by atoms with Crippen LogP contribution in [-0.2, 0) is 0 Å². The van der Waals surface area contributed by atoms with Crippen molar-refractivity contribution in [1.29, 1.82) is 0 Å². The lowest BCUT2D eigenvalue weighted by Crippen LogP contribution is -2.47. The van der Waals surface area contributed by atoms with E-state index < -0.39 is 0 Å². The lowest BCUT2D eigenvalue weighted by atomic mass is 9.72. The number of fused-ring (bicyclic) bond motifs is 4. The smallest absolute Gasteiger partial charge is 0.0618 e. The fraction of sp³-hybridized carbons (Fsp3) is 0.259. The lowest BCUT2D eigenvalue weighted by molar-refractivity contribution is 0.607. The summed E-state index contributed by atoms with van der Waals surface area (Å²) in [5.74, 6) is 0. The molecule has 6 rings (SSSR count). The summed E-state index contributed by atoms with van der Waals surface area (Å²) < 4.78 is 0.0177. The molecule has 0 saturated heterocycles. The Morgan fingerprint density at radius 1 is 0.710 bits per heavy atom. The maximum Gasteiger partial charge on any atom is 0.0618 e. The van der Waals surface area contributed by atoms with Crippen LogP contribution in [0.1, 0.15) is 44.2 Å². The minimum atomic E-state index is 0.00886. The van der Waals surface area contributed by atoms with Crippen LogP contribution in [-0.4, -0.2) is 9.49 Å². The van der Waals surface area contributed by atoms with Crippen molar-refractivity contribution in [2.75, 3.05) is 0 Å². The van der Waals surface area contributed by atoms with Crippen LogP contribution in [0.5, 0.6) is 0 Å². The van der Waals surface area contributed by atoms with Crippen molar-refractivity contribution >= 4 is 58.6 Å². The third-order valence-electron chi connectivity index (χ3n) is 7.25. The van der Waals surface area contributed by atoms with Crippen LogP contribution in [0.2, 0.25) is 0 Å². The van der Waals surface area contributed by atoms with E-state index in [1.54, 1.807) is 22.3 Å². The number of thiol groups is 2. The maximum absolute atomic E-state index is 4.59. The Balaban J connectivity index is 1.50. The molecule has 2 atom stereocenters. The molecule has 0 nitrogen and oxygen atoms in total. The topological polar surface area (TPSA) is 0 Å². The van der Waals surface area contributed by atoms with E-state index in [1.807, 2.05) is 23.5 Å². The summed E-state index contributed by atoms with van der Waals surface area (Å²) in [6.45, 7) is 4.95. The lowest BCUT2D eigenvalue weighted by Gasteiger charge is -2.47. The predicted molar refractivity (Wildman–Crippen MR) is 143 cm³/mol. The van der Waals surface area contributed by atoms with Crippen molar-refractivity contribution in [3.63, 3.8) is 0 Å². The first kappa shape index (κ1) is 20.4. The summed E-state index contributed by atoms with van der Waals surface area (Å²) in [6.07, 6.45) is 8.66. The number of allylic oxidation sites excluding steroid dienone is 4. The second kappa shape index (κ2) is 7.15. The van der Waals surface area contributed by atoms with Crippen LogP contribution in [0.3, 0.4) is 0 Å². The molecule has 0 aromatic heterocycles. The van der Waals surface area contributed by atoms with Crippen LogP contribution < -0.4 is 0 Å². The van der Waals surface area contributed by atoms with Gasteiger partial charge >= 0.3 is 0 Å². The van der Waals surface area contributed by atoms with Crippen LogP contribution in [0.4, 0.5) is 0 Å². The number of hydrogen-bond donors (Lipinski definition) is 2. The van der Waals surface area contributed by atoms with Gasteiger partial charge in [-0.25, -0.2) is 0 Å². The molecule has 2 aromatic carbocycles. The molecule has 2 aliphatic carbocycles. The van der Waals surface area contributed by atoms with Crippen LogP contribution in [0, 0.1) is 0 Å². The van der Waals surface area contributed by atoms with Crippen LogP contribution in [0.15, 0.2) is 92.8 Å². The minimum absolute atomic E-state index is 0.00886. The number of rotatable bonds is 2. The van der Waals surface area contributed by atoms with Gasteiger partial charge in [-0.15, -0.1) is 48.8 Å². The molecule has 2 heterocycles. The SMILES string of the molecule is CC12SC(c3cccc(S)c3)=CC1=C1CCCC1=C1C=C(c3cccc(S)c3)SC12C. The minimum Gasteiger partial charge on any atom is -0.143 e.